The minimum absolute atomic E-state index is 0.00290. The summed E-state index contributed by atoms with van der Waals surface area (Å²) in [4.78, 5) is 23.9. The molecular weight excluding hydrogens is 424 g/mol. The topological polar surface area (TPSA) is 66.6 Å². The maximum atomic E-state index is 13.5. The molecule has 0 bridgehead atoms. The second kappa shape index (κ2) is 9.53. The number of rotatable bonds is 3. The van der Waals surface area contributed by atoms with Crippen LogP contribution in [0.5, 0.6) is 0 Å². The van der Waals surface area contributed by atoms with E-state index >= 15 is 0 Å². The summed E-state index contributed by atoms with van der Waals surface area (Å²) in [5.74, 6) is 0.935. The van der Waals surface area contributed by atoms with E-state index in [1.54, 1.807) is 12.4 Å². The van der Waals surface area contributed by atoms with Crippen molar-refractivity contribution in [3.63, 3.8) is 0 Å². The molecule has 166 valence electrons. The molecule has 0 atom stereocenters. The number of benzene rings is 2. The molecule has 2 aromatic carbocycles. The first-order valence-corrected chi connectivity index (χ1v) is 11.1. The molecule has 7 nitrogen and oxygen atoms in total. The van der Waals surface area contributed by atoms with E-state index in [4.69, 9.17) is 16.6 Å². The third kappa shape index (κ3) is 4.83. The van der Waals surface area contributed by atoms with Crippen LogP contribution in [-0.2, 0) is 0 Å². The summed E-state index contributed by atoms with van der Waals surface area (Å²) in [5, 5.41) is 9.10. The molecule has 1 saturated heterocycles. The number of amidine groups is 1. The Morgan fingerprint density at radius 2 is 1.69 bits per heavy atom. The van der Waals surface area contributed by atoms with Crippen molar-refractivity contribution in [2.45, 2.75) is 27.2 Å². The Morgan fingerprint density at radius 3 is 2.47 bits per heavy atom. The van der Waals surface area contributed by atoms with Crippen LogP contribution in [-0.4, -0.2) is 62.7 Å². The van der Waals surface area contributed by atoms with E-state index in [-0.39, 0.29) is 5.91 Å². The van der Waals surface area contributed by atoms with Gasteiger partial charge in [0.05, 0.1) is 29.3 Å². The molecule has 2 heterocycles. The van der Waals surface area contributed by atoms with Crippen LogP contribution in [0.25, 0.3) is 5.69 Å². The SMILES string of the molecule is CC(=Nc1cc(Cl)ccc1C)N1CCCN(C(=O)c2cc(C)ccc2-n2nccn2)CC1. The lowest BCUT2D eigenvalue weighted by molar-refractivity contribution is 0.0763. The zero-order valence-corrected chi connectivity index (χ0v) is 19.4. The average molecular weight is 451 g/mol. The molecule has 0 spiro atoms. The molecule has 8 heteroatoms. The van der Waals surface area contributed by atoms with Crippen LogP contribution in [0.1, 0.15) is 34.8 Å². The van der Waals surface area contributed by atoms with Crippen molar-refractivity contribution >= 4 is 29.0 Å². The summed E-state index contributed by atoms with van der Waals surface area (Å²) in [6, 6.07) is 11.5. The molecular formula is C24H27ClN6O. The Kier molecular flexibility index (Phi) is 6.55. The Bertz CT molecular complexity index is 1140. The van der Waals surface area contributed by atoms with E-state index < -0.39 is 0 Å². The van der Waals surface area contributed by atoms with Crippen LogP contribution < -0.4 is 0 Å². The standard InChI is InChI=1S/C24H27ClN6O/c1-17-5-8-23(31-26-9-10-27-31)21(15-17)24(32)30-12-4-11-29(13-14-30)19(3)28-22-16-20(25)7-6-18(22)2/h5-10,15-16H,4,11-14H2,1-3H3. The van der Waals surface area contributed by atoms with Gasteiger partial charge in [-0.25, -0.2) is 4.99 Å². The van der Waals surface area contributed by atoms with Crippen molar-refractivity contribution in [1.29, 1.82) is 0 Å². The van der Waals surface area contributed by atoms with Gasteiger partial charge in [-0.05, 0) is 57.0 Å². The molecule has 0 aliphatic carbocycles. The third-order valence-electron chi connectivity index (χ3n) is 5.71. The van der Waals surface area contributed by atoms with Gasteiger partial charge in [0, 0.05) is 31.2 Å². The van der Waals surface area contributed by atoms with Gasteiger partial charge in [0.2, 0.25) is 0 Å². The van der Waals surface area contributed by atoms with Crippen molar-refractivity contribution in [1.82, 2.24) is 24.8 Å². The lowest BCUT2D eigenvalue weighted by Gasteiger charge is -2.24. The smallest absolute Gasteiger partial charge is 0.256 e. The quantitative estimate of drug-likeness (QED) is 0.437. The van der Waals surface area contributed by atoms with Crippen molar-refractivity contribution < 1.29 is 4.79 Å². The Balaban J connectivity index is 1.52. The normalized spacial score (nSPS) is 15.1. The summed E-state index contributed by atoms with van der Waals surface area (Å²) in [6.45, 7) is 8.92. The average Bonchev–Trinajstić information content (AvgIpc) is 3.19. The molecule has 1 aromatic heterocycles. The molecule has 0 N–H and O–H groups in total. The fourth-order valence-electron chi connectivity index (χ4n) is 3.90. The van der Waals surface area contributed by atoms with Gasteiger partial charge in [0.15, 0.2) is 0 Å². The maximum Gasteiger partial charge on any atom is 0.256 e. The van der Waals surface area contributed by atoms with E-state index in [0.29, 0.717) is 29.4 Å². The van der Waals surface area contributed by atoms with Gasteiger partial charge in [0.25, 0.3) is 5.91 Å². The second-order valence-corrected chi connectivity index (χ2v) is 8.50. The summed E-state index contributed by atoms with van der Waals surface area (Å²) in [6.07, 6.45) is 4.09. The second-order valence-electron chi connectivity index (χ2n) is 8.06. The molecule has 1 amide bonds. The first-order chi connectivity index (χ1) is 15.4. The van der Waals surface area contributed by atoms with Gasteiger partial charge in [0.1, 0.15) is 5.84 Å². The predicted octanol–water partition coefficient (Wildman–Crippen LogP) is 4.44. The zero-order valence-electron chi connectivity index (χ0n) is 18.6. The highest BCUT2D eigenvalue weighted by atomic mass is 35.5. The molecule has 4 rings (SSSR count). The van der Waals surface area contributed by atoms with Crippen LogP contribution in [0.15, 0.2) is 53.8 Å². The number of carbonyl (C=O) groups is 1. The number of hydrogen-bond acceptors (Lipinski definition) is 4. The molecule has 1 aliphatic heterocycles. The fraction of sp³-hybridized carbons (Fsp3) is 0.333. The van der Waals surface area contributed by atoms with Crippen LogP contribution in [0.2, 0.25) is 5.02 Å². The van der Waals surface area contributed by atoms with Crippen LogP contribution in [0, 0.1) is 13.8 Å². The van der Waals surface area contributed by atoms with E-state index in [2.05, 4.69) is 15.1 Å². The molecule has 1 aliphatic rings. The van der Waals surface area contributed by atoms with E-state index in [0.717, 1.165) is 42.2 Å². The number of aliphatic imine (C=N–C) groups is 1. The largest absolute Gasteiger partial charge is 0.358 e. The van der Waals surface area contributed by atoms with E-state index in [1.165, 1.54) is 4.80 Å². The number of carbonyl (C=O) groups excluding carboxylic acids is 1. The number of aromatic nitrogens is 3. The maximum absolute atomic E-state index is 13.5. The Hall–Kier alpha value is -3.19. The van der Waals surface area contributed by atoms with Crippen LogP contribution >= 0.6 is 11.6 Å². The fourth-order valence-corrected chi connectivity index (χ4v) is 4.06. The van der Waals surface area contributed by atoms with Crippen LogP contribution in [0.4, 0.5) is 5.69 Å². The predicted molar refractivity (Wildman–Crippen MR) is 127 cm³/mol. The van der Waals surface area contributed by atoms with Crippen molar-refractivity contribution in [2.24, 2.45) is 4.99 Å². The van der Waals surface area contributed by atoms with Gasteiger partial charge in [-0.1, -0.05) is 29.3 Å². The Morgan fingerprint density at radius 1 is 0.969 bits per heavy atom. The highest BCUT2D eigenvalue weighted by molar-refractivity contribution is 6.30. The van der Waals surface area contributed by atoms with E-state index in [1.807, 2.05) is 62.1 Å². The molecule has 0 unspecified atom stereocenters. The highest BCUT2D eigenvalue weighted by Crippen LogP contribution is 2.24. The number of halogens is 1. The molecule has 3 aromatic rings. The lowest BCUT2D eigenvalue weighted by atomic mass is 10.1. The monoisotopic (exact) mass is 450 g/mol. The van der Waals surface area contributed by atoms with Gasteiger partial charge in [-0.15, -0.1) is 0 Å². The van der Waals surface area contributed by atoms with E-state index in [9.17, 15) is 4.79 Å². The number of aryl methyl sites for hydroxylation is 2. The number of nitrogens with zero attached hydrogens (tertiary/aromatic N) is 6. The first-order valence-electron chi connectivity index (χ1n) is 10.8. The molecule has 0 saturated carbocycles. The van der Waals surface area contributed by atoms with Crippen molar-refractivity contribution in [2.75, 3.05) is 26.2 Å². The third-order valence-corrected chi connectivity index (χ3v) is 5.95. The number of amides is 1. The molecule has 0 radical (unpaired) electrons. The summed E-state index contributed by atoms with van der Waals surface area (Å²) in [7, 11) is 0. The van der Waals surface area contributed by atoms with Crippen molar-refractivity contribution in [3.05, 3.63) is 70.5 Å². The zero-order chi connectivity index (χ0) is 22.7. The van der Waals surface area contributed by atoms with Crippen molar-refractivity contribution in [3.8, 4) is 5.69 Å². The molecule has 32 heavy (non-hydrogen) atoms. The summed E-state index contributed by atoms with van der Waals surface area (Å²) >= 11 is 6.15. The van der Waals surface area contributed by atoms with Gasteiger partial charge >= 0.3 is 0 Å². The Labute approximate surface area is 193 Å². The minimum Gasteiger partial charge on any atom is -0.358 e. The highest BCUT2D eigenvalue weighted by Gasteiger charge is 2.24. The summed E-state index contributed by atoms with van der Waals surface area (Å²) in [5.41, 5.74) is 4.30. The lowest BCUT2D eigenvalue weighted by Crippen LogP contribution is -2.37. The molecule has 1 fully saturated rings. The first kappa shape index (κ1) is 22.0. The van der Waals surface area contributed by atoms with Crippen LogP contribution in [0.3, 0.4) is 0 Å². The van der Waals surface area contributed by atoms with Gasteiger partial charge in [-0.3, -0.25) is 4.79 Å². The number of hydrogen-bond donors (Lipinski definition) is 0. The minimum atomic E-state index is 0.00290. The van der Waals surface area contributed by atoms with Gasteiger partial charge < -0.3 is 9.80 Å². The summed E-state index contributed by atoms with van der Waals surface area (Å²) < 4.78 is 0. The van der Waals surface area contributed by atoms with Gasteiger partial charge in [-0.2, -0.15) is 15.0 Å².